The Morgan fingerprint density at radius 1 is 1.50 bits per heavy atom. The van der Waals surface area contributed by atoms with Gasteiger partial charge < -0.3 is 15.3 Å². The van der Waals surface area contributed by atoms with E-state index in [1.807, 2.05) is 25.9 Å². The number of phenols is 1. The summed E-state index contributed by atoms with van der Waals surface area (Å²) >= 11 is 0. The Kier molecular flexibility index (Phi) is 4.31. The number of aromatic hydroxyl groups is 1. The zero-order valence-electron chi connectivity index (χ0n) is 9.90. The molecule has 16 heavy (non-hydrogen) atoms. The SMILES string of the molecule is CC(CN(C)C)NC(=O)c1cccc(O)c1. The van der Waals surface area contributed by atoms with Gasteiger partial charge in [-0.3, -0.25) is 4.79 Å². The highest BCUT2D eigenvalue weighted by atomic mass is 16.3. The van der Waals surface area contributed by atoms with Crippen molar-refractivity contribution in [3.63, 3.8) is 0 Å². The van der Waals surface area contributed by atoms with Crippen molar-refractivity contribution in [3.8, 4) is 5.75 Å². The van der Waals surface area contributed by atoms with E-state index < -0.39 is 0 Å². The van der Waals surface area contributed by atoms with E-state index in [2.05, 4.69) is 5.32 Å². The maximum atomic E-state index is 11.7. The van der Waals surface area contributed by atoms with Gasteiger partial charge in [0, 0.05) is 18.2 Å². The lowest BCUT2D eigenvalue weighted by atomic mass is 10.2. The van der Waals surface area contributed by atoms with Gasteiger partial charge in [0.25, 0.3) is 5.91 Å². The number of phenolic OH excluding ortho intramolecular Hbond substituents is 1. The lowest BCUT2D eigenvalue weighted by molar-refractivity contribution is 0.0934. The van der Waals surface area contributed by atoms with Gasteiger partial charge in [-0.25, -0.2) is 0 Å². The van der Waals surface area contributed by atoms with Crippen molar-refractivity contribution in [3.05, 3.63) is 29.8 Å². The predicted molar refractivity (Wildman–Crippen MR) is 63.6 cm³/mol. The van der Waals surface area contributed by atoms with Crippen molar-refractivity contribution in [1.29, 1.82) is 0 Å². The Morgan fingerprint density at radius 3 is 2.75 bits per heavy atom. The minimum Gasteiger partial charge on any atom is -0.508 e. The molecule has 1 aromatic rings. The predicted octanol–water partition coefficient (Wildman–Crippen LogP) is 1.07. The normalized spacial score (nSPS) is 12.5. The molecule has 4 nitrogen and oxygen atoms in total. The second-order valence-corrected chi connectivity index (χ2v) is 4.19. The molecule has 1 rings (SSSR count). The molecule has 0 aliphatic heterocycles. The van der Waals surface area contributed by atoms with Crippen LogP contribution in [-0.2, 0) is 0 Å². The first-order valence-electron chi connectivity index (χ1n) is 5.23. The van der Waals surface area contributed by atoms with Gasteiger partial charge in [-0.15, -0.1) is 0 Å². The number of carbonyl (C=O) groups is 1. The van der Waals surface area contributed by atoms with Gasteiger partial charge in [-0.2, -0.15) is 0 Å². The van der Waals surface area contributed by atoms with Crippen LogP contribution in [0, 0.1) is 0 Å². The third-order valence-corrected chi connectivity index (χ3v) is 2.12. The Bertz CT molecular complexity index is 364. The second kappa shape index (κ2) is 5.51. The quantitative estimate of drug-likeness (QED) is 0.801. The molecule has 0 saturated heterocycles. The smallest absolute Gasteiger partial charge is 0.251 e. The number of hydrogen-bond acceptors (Lipinski definition) is 3. The van der Waals surface area contributed by atoms with Crippen LogP contribution in [0.2, 0.25) is 0 Å². The van der Waals surface area contributed by atoms with E-state index in [4.69, 9.17) is 0 Å². The molecule has 0 aromatic heterocycles. The summed E-state index contributed by atoms with van der Waals surface area (Å²) < 4.78 is 0. The summed E-state index contributed by atoms with van der Waals surface area (Å²) in [6, 6.07) is 6.40. The fourth-order valence-corrected chi connectivity index (χ4v) is 1.55. The van der Waals surface area contributed by atoms with E-state index in [-0.39, 0.29) is 17.7 Å². The molecule has 1 amide bonds. The largest absolute Gasteiger partial charge is 0.508 e. The minimum absolute atomic E-state index is 0.0739. The fraction of sp³-hybridized carbons (Fsp3) is 0.417. The first-order chi connectivity index (χ1) is 7.49. The van der Waals surface area contributed by atoms with Crippen LogP contribution in [-0.4, -0.2) is 42.6 Å². The molecular formula is C12H18N2O2. The van der Waals surface area contributed by atoms with Crippen LogP contribution in [0.5, 0.6) is 5.75 Å². The standard InChI is InChI=1S/C12H18N2O2/c1-9(8-14(2)3)13-12(16)10-5-4-6-11(15)7-10/h4-7,9,15H,8H2,1-3H3,(H,13,16). The molecule has 0 aliphatic carbocycles. The molecule has 0 saturated carbocycles. The zero-order chi connectivity index (χ0) is 12.1. The number of amides is 1. The van der Waals surface area contributed by atoms with Crippen LogP contribution in [0.25, 0.3) is 0 Å². The molecular weight excluding hydrogens is 204 g/mol. The summed E-state index contributed by atoms with van der Waals surface area (Å²) in [4.78, 5) is 13.8. The summed E-state index contributed by atoms with van der Waals surface area (Å²) in [5, 5.41) is 12.1. The molecule has 0 heterocycles. The monoisotopic (exact) mass is 222 g/mol. The number of likely N-dealkylation sites (N-methyl/N-ethyl adjacent to an activating group) is 1. The molecule has 1 atom stereocenters. The van der Waals surface area contributed by atoms with Gasteiger partial charge in [-0.1, -0.05) is 6.07 Å². The van der Waals surface area contributed by atoms with E-state index in [0.717, 1.165) is 6.54 Å². The van der Waals surface area contributed by atoms with Gasteiger partial charge in [0.05, 0.1) is 0 Å². The molecule has 2 N–H and O–H groups in total. The molecule has 0 fully saturated rings. The highest BCUT2D eigenvalue weighted by molar-refractivity contribution is 5.94. The van der Waals surface area contributed by atoms with Crippen molar-refractivity contribution in [1.82, 2.24) is 10.2 Å². The van der Waals surface area contributed by atoms with Crippen molar-refractivity contribution >= 4 is 5.91 Å². The Hall–Kier alpha value is -1.55. The first kappa shape index (κ1) is 12.5. The van der Waals surface area contributed by atoms with Gasteiger partial charge in [0.1, 0.15) is 5.75 Å². The van der Waals surface area contributed by atoms with E-state index in [1.165, 1.54) is 6.07 Å². The lowest BCUT2D eigenvalue weighted by Crippen LogP contribution is -2.39. The van der Waals surface area contributed by atoms with Gasteiger partial charge >= 0.3 is 0 Å². The topological polar surface area (TPSA) is 52.6 Å². The maximum Gasteiger partial charge on any atom is 0.251 e. The van der Waals surface area contributed by atoms with Crippen LogP contribution in [0.4, 0.5) is 0 Å². The van der Waals surface area contributed by atoms with Crippen LogP contribution in [0.3, 0.4) is 0 Å². The minimum atomic E-state index is -0.162. The van der Waals surface area contributed by atoms with E-state index in [9.17, 15) is 9.90 Å². The number of benzene rings is 1. The van der Waals surface area contributed by atoms with Crippen molar-refractivity contribution in [2.75, 3.05) is 20.6 Å². The van der Waals surface area contributed by atoms with E-state index in [1.54, 1.807) is 18.2 Å². The molecule has 0 aliphatic rings. The van der Waals surface area contributed by atoms with E-state index in [0.29, 0.717) is 5.56 Å². The summed E-state index contributed by atoms with van der Waals surface area (Å²) in [6.45, 7) is 2.73. The molecule has 0 radical (unpaired) electrons. The molecule has 1 aromatic carbocycles. The Labute approximate surface area is 95.9 Å². The highest BCUT2D eigenvalue weighted by Crippen LogP contribution is 2.10. The van der Waals surface area contributed by atoms with Crippen LogP contribution in [0.1, 0.15) is 17.3 Å². The van der Waals surface area contributed by atoms with Crippen molar-refractivity contribution in [2.24, 2.45) is 0 Å². The number of carbonyl (C=O) groups excluding carboxylic acids is 1. The second-order valence-electron chi connectivity index (χ2n) is 4.19. The molecule has 0 spiro atoms. The van der Waals surface area contributed by atoms with Gasteiger partial charge in [0.2, 0.25) is 0 Å². The maximum absolute atomic E-state index is 11.7. The molecule has 1 unspecified atom stereocenters. The van der Waals surface area contributed by atoms with Gasteiger partial charge in [-0.05, 0) is 39.2 Å². The highest BCUT2D eigenvalue weighted by Gasteiger charge is 2.10. The summed E-state index contributed by atoms with van der Waals surface area (Å²) in [5.41, 5.74) is 0.477. The van der Waals surface area contributed by atoms with Crippen LogP contribution in [0.15, 0.2) is 24.3 Å². The zero-order valence-corrected chi connectivity index (χ0v) is 9.90. The van der Waals surface area contributed by atoms with Gasteiger partial charge in [0.15, 0.2) is 0 Å². The molecule has 88 valence electrons. The van der Waals surface area contributed by atoms with Crippen molar-refractivity contribution < 1.29 is 9.90 Å². The lowest BCUT2D eigenvalue weighted by Gasteiger charge is -2.18. The van der Waals surface area contributed by atoms with Crippen LogP contribution >= 0.6 is 0 Å². The Balaban J connectivity index is 2.59. The summed E-state index contributed by atoms with van der Waals surface area (Å²) in [7, 11) is 3.91. The fourth-order valence-electron chi connectivity index (χ4n) is 1.55. The summed E-state index contributed by atoms with van der Waals surface area (Å²) in [5.74, 6) is -0.0573. The average molecular weight is 222 g/mol. The molecule has 4 heteroatoms. The number of hydrogen-bond donors (Lipinski definition) is 2. The van der Waals surface area contributed by atoms with Crippen LogP contribution < -0.4 is 5.32 Å². The third kappa shape index (κ3) is 3.90. The number of nitrogens with zero attached hydrogens (tertiary/aromatic N) is 1. The third-order valence-electron chi connectivity index (χ3n) is 2.12. The van der Waals surface area contributed by atoms with E-state index >= 15 is 0 Å². The molecule has 0 bridgehead atoms. The average Bonchev–Trinajstić information content (AvgIpc) is 2.16. The number of nitrogens with one attached hydrogen (secondary N) is 1. The van der Waals surface area contributed by atoms with Crippen molar-refractivity contribution in [2.45, 2.75) is 13.0 Å². The Morgan fingerprint density at radius 2 is 2.19 bits per heavy atom. The first-order valence-corrected chi connectivity index (χ1v) is 5.23. The summed E-state index contributed by atoms with van der Waals surface area (Å²) in [6.07, 6.45) is 0. The number of rotatable bonds is 4.